The van der Waals surface area contributed by atoms with E-state index < -0.39 is 6.04 Å². The molecule has 86 valence electrons. The van der Waals surface area contributed by atoms with Gasteiger partial charge in [-0.05, 0) is 19.8 Å². The van der Waals surface area contributed by atoms with Gasteiger partial charge in [0.1, 0.15) is 6.04 Å². The van der Waals surface area contributed by atoms with Crippen LogP contribution in [0.3, 0.4) is 0 Å². The van der Waals surface area contributed by atoms with E-state index in [4.69, 9.17) is 4.84 Å². The molecule has 5 heteroatoms. The van der Waals surface area contributed by atoms with Crippen LogP contribution in [0.2, 0.25) is 0 Å². The molecule has 1 fully saturated rings. The molecule has 1 aliphatic rings. The van der Waals surface area contributed by atoms with Crippen molar-refractivity contribution in [3.63, 3.8) is 0 Å². The molecule has 0 aliphatic heterocycles. The lowest BCUT2D eigenvalue weighted by atomic mass is 10.3. The molecule has 0 saturated heterocycles. The minimum Gasteiger partial charge on any atom is -0.345 e. The highest BCUT2D eigenvalue weighted by molar-refractivity contribution is 5.85. The fourth-order valence-corrected chi connectivity index (χ4v) is 1.61. The summed E-state index contributed by atoms with van der Waals surface area (Å²) in [5, 5.41) is 2.49. The molecule has 15 heavy (non-hydrogen) atoms. The van der Waals surface area contributed by atoms with Gasteiger partial charge in [-0.2, -0.15) is 0 Å². The summed E-state index contributed by atoms with van der Waals surface area (Å²) in [6, 6.07) is -0.552. The van der Waals surface area contributed by atoms with Gasteiger partial charge in [0.25, 0.3) is 5.91 Å². The van der Waals surface area contributed by atoms with E-state index in [0.29, 0.717) is 0 Å². The second kappa shape index (κ2) is 5.70. The molecule has 0 aromatic rings. The predicted octanol–water partition coefficient (Wildman–Crippen LogP) is 0.501. The number of hydroxylamine groups is 1. The van der Waals surface area contributed by atoms with Gasteiger partial charge in [0.05, 0.1) is 6.10 Å². The van der Waals surface area contributed by atoms with Crippen LogP contribution in [0.15, 0.2) is 0 Å². The number of hydrogen-bond donors (Lipinski definition) is 2. The summed E-state index contributed by atoms with van der Waals surface area (Å²) in [5.74, 6) is -0.532. The molecule has 1 unspecified atom stereocenters. The molecule has 2 amide bonds. The Labute approximate surface area is 89.5 Å². The van der Waals surface area contributed by atoms with Crippen molar-refractivity contribution in [2.24, 2.45) is 0 Å². The first-order valence-electron chi connectivity index (χ1n) is 5.32. The second-order valence-corrected chi connectivity index (χ2v) is 3.91. The third-order valence-electron chi connectivity index (χ3n) is 2.44. The van der Waals surface area contributed by atoms with Gasteiger partial charge in [-0.3, -0.25) is 14.4 Å². The second-order valence-electron chi connectivity index (χ2n) is 3.91. The van der Waals surface area contributed by atoms with Crippen molar-refractivity contribution in [2.45, 2.75) is 51.7 Å². The van der Waals surface area contributed by atoms with Crippen LogP contribution in [-0.2, 0) is 14.4 Å². The summed E-state index contributed by atoms with van der Waals surface area (Å²) < 4.78 is 0. The smallest absolute Gasteiger partial charge is 0.265 e. The zero-order valence-corrected chi connectivity index (χ0v) is 9.21. The van der Waals surface area contributed by atoms with Crippen LogP contribution in [0.4, 0.5) is 0 Å². The average molecular weight is 214 g/mol. The van der Waals surface area contributed by atoms with E-state index in [9.17, 15) is 9.59 Å². The molecule has 5 nitrogen and oxygen atoms in total. The Balaban J connectivity index is 2.19. The Morgan fingerprint density at radius 3 is 2.47 bits per heavy atom. The van der Waals surface area contributed by atoms with E-state index in [-0.39, 0.29) is 17.9 Å². The summed E-state index contributed by atoms with van der Waals surface area (Å²) in [5.41, 5.74) is 2.38. The van der Waals surface area contributed by atoms with Gasteiger partial charge in [-0.1, -0.05) is 12.8 Å². The Bertz CT molecular complexity index is 237. The number of rotatable bonds is 4. The fourth-order valence-electron chi connectivity index (χ4n) is 1.61. The zero-order valence-electron chi connectivity index (χ0n) is 9.21. The van der Waals surface area contributed by atoms with Crippen LogP contribution < -0.4 is 10.8 Å². The third-order valence-corrected chi connectivity index (χ3v) is 2.44. The van der Waals surface area contributed by atoms with E-state index in [1.807, 2.05) is 0 Å². The minimum absolute atomic E-state index is 0.137. The first-order valence-corrected chi connectivity index (χ1v) is 5.32. The average Bonchev–Trinajstić information content (AvgIpc) is 2.65. The monoisotopic (exact) mass is 214 g/mol. The molecule has 0 aromatic heterocycles. The lowest BCUT2D eigenvalue weighted by Crippen LogP contribution is -2.44. The number of carbonyl (C=O) groups is 2. The minimum atomic E-state index is -0.552. The van der Waals surface area contributed by atoms with Gasteiger partial charge in [-0.25, -0.2) is 5.48 Å². The molecule has 0 spiro atoms. The van der Waals surface area contributed by atoms with Crippen molar-refractivity contribution < 1.29 is 14.4 Å². The maximum absolute atomic E-state index is 11.4. The van der Waals surface area contributed by atoms with Gasteiger partial charge >= 0.3 is 0 Å². The molecular weight excluding hydrogens is 196 g/mol. The van der Waals surface area contributed by atoms with Crippen LogP contribution in [0, 0.1) is 0 Å². The maximum atomic E-state index is 11.4. The normalized spacial score (nSPS) is 18.5. The molecule has 1 saturated carbocycles. The van der Waals surface area contributed by atoms with Crippen LogP contribution >= 0.6 is 0 Å². The first-order chi connectivity index (χ1) is 7.09. The van der Waals surface area contributed by atoms with E-state index in [2.05, 4.69) is 10.8 Å². The van der Waals surface area contributed by atoms with Crippen molar-refractivity contribution in [3.05, 3.63) is 0 Å². The quantitative estimate of drug-likeness (QED) is 0.670. The SMILES string of the molecule is CC(=O)NC(C)C(=O)NOC1CCCC1. The van der Waals surface area contributed by atoms with Crippen LogP contribution in [0.1, 0.15) is 39.5 Å². The first kappa shape index (κ1) is 12.0. The molecule has 0 heterocycles. The van der Waals surface area contributed by atoms with Crippen molar-refractivity contribution in [1.29, 1.82) is 0 Å². The molecule has 1 aliphatic carbocycles. The van der Waals surface area contributed by atoms with Crippen molar-refractivity contribution in [2.75, 3.05) is 0 Å². The molecule has 0 aromatic carbocycles. The van der Waals surface area contributed by atoms with Crippen molar-refractivity contribution in [3.8, 4) is 0 Å². The number of hydrogen-bond acceptors (Lipinski definition) is 3. The molecule has 2 N–H and O–H groups in total. The molecule has 0 bridgehead atoms. The van der Waals surface area contributed by atoms with E-state index in [1.165, 1.54) is 6.92 Å². The Kier molecular flexibility index (Phi) is 4.55. The van der Waals surface area contributed by atoms with E-state index in [0.717, 1.165) is 25.7 Å². The van der Waals surface area contributed by atoms with Crippen LogP contribution in [-0.4, -0.2) is 24.0 Å². The highest BCUT2D eigenvalue weighted by Crippen LogP contribution is 2.19. The number of carbonyl (C=O) groups excluding carboxylic acids is 2. The summed E-state index contributed by atoms with van der Waals surface area (Å²) in [4.78, 5) is 27.3. The lowest BCUT2D eigenvalue weighted by Gasteiger charge is -2.15. The summed E-state index contributed by atoms with van der Waals surface area (Å²) in [6.07, 6.45) is 4.44. The summed E-state index contributed by atoms with van der Waals surface area (Å²) in [7, 11) is 0. The number of nitrogens with one attached hydrogen (secondary N) is 2. The lowest BCUT2D eigenvalue weighted by molar-refractivity contribution is -0.141. The third kappa shape index (κ3) is 4.29. The fraction of sp³-hybridized carbons (Fsp3) is 0.800. The Morgan fingerprint density at radius 2 is 1.93 bits per heavy atom. The topological polar surface area (TPSA) is 67.4 Å². The largest absolute Gasteiger partial charge is 0.345 e. The summed E-state index contributed by atoms with van der Waals surface area (Å²) in [6.45, 7) is 3.00. The van der Waals surface area contributed by atoms with Gasteiger partial charge in [0, 0.05) is 6.92 Å². The molecule has 0 radical (unpaired) electrons. The van der Waals surface area contributed by atoms with Crippen LogP contribution in [0.25, 0.3) is 0 Å². The van der Waals surface area contributed by atoms with E-state index >= 15 is 0 Å². The standard InChI is InChI=1S/C10H18N2O3/c1-7(11-8(2)13)10(14)12-15-9-5-3-4-6-9/h7,9H,3-6H2,1-2H3,(H,11,13)(H,12,14). The van der Waals surface area contributed by atoms with Gasteiger partial charge in [-0.15, -0.1) is 0 Å². The van der Waals surface area contributed by atoms with E-state index in [1.54, 1.807) is 6.92 Å². The van der Waals surface area contributed by atoms with Gasteiger partial charge in [0.2, 0.25) is 5.91 Å². The van der Waals surface area contributed by atoms with Crippen molar-refractivity contribution in [1.82, 2.24) is 10.8 Å². The van der Waals surface area contributed by atoms with Gasteiger partial charge < -0.3 is 5.32 Å². The number of amides is 2. The molecule has 1 rings (SSSR count). The zero-order chi connectivity index (χ0) is 11.3. The van der Waals surface area contributed by atoms with Gasteiger partial charge in [0.15, 0.2) is 0 Å². The predicted molar refractivity (Wildman–Crippen MR) is 54.8 cm³/mol. The Morgan fingerprint density at radius 1 is 1.33 bits per heavy atom. The van der Waals surface area contributed by atoms with Crippen molar-refractivity contribution >= 4 is 11.8 Å². The highest BCUT2D eigenvalue weighted by atomic mass is 16.7. The summed E-state index contributed by atoms with van der Waals surface area (Å²) >= 11 is 0. The maximum Gasteiger partial charge on any atom is 0.265 e. The Hall–Kier alpha value is -1.10. The molecular formula is C10H18N2O3. The van der Waals surface area contributed by atoms with Crippen LogP contribution in [0.5, 0.6) is 0 Å². The highest BCUT2D eigenvalue weighted by Gasteiger charge is 2.19. The molecule has 1 atom stereocenters.